The second-order valence-corrected chi connectivity index (χ2v) is 9.59. The number of fused-ring (bicyclic) bond motifs is 3. The molecule has 5 heteroatoms. The van der Waals surface area contributed by atoms with Crippen LogP contribution in [0.15, 0.2) is 23.8 Å². The van der Waals surface area contributed by atoms with Gasteiger partial charge in [0.25, 0.3) is 0 Å². The lowest BCUT2D eigenvalue weighted by molar-refractivity contribution is -0.213. The van der Waals surface area contributed by atoms with Crippen LogP contribution in [0.2, 0.25) is 0 Å². The van der Waals surface area contributed by atoms with E-state index >= 15 is 0 Å². The molecule has 0 N–H and O–H groups in total. The fourth-order valence-electron chi connectivity index (χ4n) is 6.24. The molecule has 0 aromatic carbocycles. The van der Waals surface area contributed by atoms with Crippen LogP contribution >= 0.6 is 11.8 Å². The van der Waals surface area contributed by atoms with Crippen molar-refractivity contribution in [2.24, 2.45) is 28.1 Å². The SMILES string of the molecule is C=C1C=C2C[C@]3(C1=O)C(=O)C(SC)C1C(C)(C)COC(=O)C1(CC)C23. The van der Waals surface area contributed by atoms with Crippen molar-refractivity contribution in [2.75, 3.05) is 12.9 Å². The molecule has 134 valence electrons. The lowest BCUT2D eigenvalue weighted by Crippen LogP contribution is -2.76. The largest absolute Gasteiger partial charge is 0.465 e. The maximum atomic E-state index is 13.6. The topological polar surface area (TPSA) is 60.4 Å². The Labute approximate surface area is 152 Å². The first-order valence-electron chi connectivity index (χ1n) is 8.87. The van der Waals surface area contributed by atoms with Gasteiger partial charge in [0, 0.05) is 22.8 Å². The van der Waals surface area contributed by atoms with Gasteiger partial charge >= 0.3 is 5.97 Å². The Morgan fingerprint density at radius 1 is 1.32 bits per heavy atom. The number of carbonyl (C=O) groups is 3. The predicted molar refractivity (Wildman–Crippen MR) is 96.0 cm³/mol. The predicted octanol–water partition coefficient (Wildman–Crippen LogP) is 2.97. The van der Waals surface area contributed by atoms with Crippen LogP contribution in [-0.2, 0) is 19.1 Å². The summed E-state index contributed by atoms with van der Waals surface area (Å²) in [7, 11) is 0. The molecule has 5 atom stereocenters. The standard InChI is InChI=1S/C20H24O4S/c1-6-19-13-11-7-10(2)15(21)20(13,8-11)16(22)12(25-5)14(19)18(3,4)9-24-17(19)23/h7,12-14H,2,6,8-9H2,1,3-5H3/t12?,13?,14?,19?,20-/m0/s1. The summed E-state index contributed by atoms with van der Waals surface area (Å²) in [5.41, 5.74) is -0.769. The number of Topliss-reactive ketones (excluding diaryl/α,β-unsaturated/α-hetero) is 2. The molecule has 25 heavy (non-hydrogen) atoms. The summed E-state index contributed by atoms with van der Waals surface area (Å²) in [4.78, 5) is 39.8. The minimum atomic E-state index is -1.09. The molecule has 5 aliphatic rings. The van der Waals surface area contributed by atoms with E-state index < -0.39 is 10.8 Å². The Kier molecular flexibility index (Phi) is 3.33. The lowest BCUT2D eigenvalue weighted by atomic mass is 9.34. The zero-order chi connectivity index (χ0) is 18.4. The minimum absolute atomic E-state index is 0.00449. The van der Waals surface area contributed by atoms with Gasteiger partial charge in [0.15, 0.2) is 11.6 Å². The number of allylic oxidation sites excluding steroid dienone is 3. The van der Waals surface area contributed by atoms with Gasteiger partial charge in [0.2, 0.25) is 0 Å². The Bertz CT molecular complexity index is 764. The van der Waals surface area contributed by atoms with Crippen molar-refractivity contribution in [1.29, 1.82) is 0 Å². The monoisotopic (exact) mass is 360 g/mol. The van der Waals surface area contributed by atoms with Gasteiger partial charge in [0.1, 0.15) is 5.41 Å². The molecule has 0 radical (unpaired) electrons. The average Bonchev–Trinajstić information content (AvgIpc) is 2.55. The van der Waals surface area contributed by atoms with Gasteiger partial charge in [-0.2, -0.15) is 11.8 Å². The summed E-state index contributed by atoms with van der Waals surface area (Å²) in [5, 5.41) is -0.365. The van der Waals surface area contributed by atoms with Gasteiger partial charge in [-0.15, -0.1) is 0 Å². The first kappa shape index (κ1) is 17.1. The van der Waals surface area contributed by atoms with Gasteiger partial charge in [-0.05, 0) is 19.1 Å². The fraction of sp³-hybridized carbons (Fsp3) is 0.650. The van der Waals surface area contributed by atoms with Crippen LogP contribution < -0.4 is 0 Å². The van der Waals surface area contributed by atoms with Crippen molar-refractivity contribution in [3.63, 3.8) is 0 Å². The molecule has 1 spiro atoms. The van der Waals surface area contributed by atoms with Gasteiger partial charge < -0.3 is 4.74 Å². The number of ketones is 2. The lowest BCUT2D eigenvalue weighted by Gasteiger charge is -2.68. The summed E-state index contributed by atoms with van der Waals surface area (Å²) < 4.78 is 5.64. The molecule has 4 unspecified atom stereocenters. The Morgan fingerprint density at radius 3 is 2.60 bits per heavy atom. The van der Waals surface area contributed by atoms with Crippen LogP contribution in [0, 0.1) is 28.1 Å². The van der Waals surface area contributed by atoms with E-state index in [1.54, 1.807) is 0 Å². The number of esters is 1. The molecular formula is C20H24O4S. The first-order valence-corrected chi connectivity index (χ1v) is 10.2. The number of thioether (sulfide) groups is 1. The number of rotatable bonds is 2. The highest BCUT2D eigenvalue weighted by molar-refractivity contribution is 8.00. The van der Waals surface area contributed by atoms with Crippen LogP contribution in [0.5, 0.6) is 0 Å². The zero-order valence-electron chi connectivity index (χ0n) is 15.2. The number of ether oxygens (including phenoxy) is 1. The van der Waals surface area contributed by atoms with Crippen LogP contribution in [0.1, 0.15) is 33.6 Å². The number of hydrogen-bond acceptors (Lipinski definition) is 5. The van der Waals surface area contributed by atoms with E-state index in [1.807, 2.05) is 19.3 Å². The third-order valence-electron chi connectivity index (χ3n) is 7.11. The van der Waals surface area contributed by atoms with E-state index in [0.717, 1.165) is 5.57 Å². The van der Waals surface area contributed by atoms with Crippen molar-refractivity contribution >= 4 is 29.3 Å². The maximum absolute atomic E-state index is 13.6. The Balaban J connectivity index is 2.02. The van der Waals surface area contributed by atoms with Crippen LogP contribution in [-0.4, -0.2) is 35.6 Å². The molecule has 0 aromatic heterocycles. The van der Waals surface area contributed by atoms with E-state index in [1.165, 1.54) is 11.8 Å². The van der Waals surface area contributed by atoms with Crippen molar-refractivity contribution < 1.29 is 19.1 Å². The number of hydrogen-bond donors (Lipinski definition) is 0. The zero-order valence-corrected chi connectivity index (χ0v) is 16.0. The molecule has 2 saturated carbocycles. The molecule has 2 bridgehead atoms. The summed E-state index contributed by atoms with van der Waals surface area (Å²) in [6.07, 6.45) is 4.75. The highest BCUT2D eigenvalue weighted by Gasteiger charge is 2.79. The van der Waals surface area contributed by atoms with Crippen LogP contribution in [0.4, 0.5) is 0 Å². The van der Waals surface area contributed by atoms with E-state index in [4.69, 9.17) is 4.74 Å². The molecule has 4 nitrogen and oxygen atoms in total. The summed E-state index contributed by atoms with van der Waals surface area (Å²) in [6, 6.07) is 0. The van der Waals surface area contributed by atoms with Crippen molar-refractivity contribution in [1.82, 2.24) is 0 Å². The van der Waals surface area contributed by atoms with E-state index in [2.05, 4.69) is 20.4 Å². The Morgan fingerprint density at radius 2 is 2.00 bits per heavy atom. The average molecular weight is 360 g/mol. The molecule has 1 aliphatic heterocycles. The normalized spacial score (nSPS) is 44.3. The summed E-state index contributed by atoms with van der Waals surface area (Å²) in [5.74, 6) is -0.888. The van der Waals surface area contributed by atoms with Crippen LogP contribution in [0.3, 0.4) is 0 Å². The molecule has 3 fully saturated rings. The van der Waals surface area contributed by atoms with Gasteiger partial charge in [0.05, 0.1) is 17.3 Å². The molecule has 0 aromatic rings. The van der Waals surface area contributed by atoms with Crippen LogP contribution in [0.25, 0.3) is 0 Å². The highest BCUT2D eigenvalue weighted by Crippen LogP contribution is 2.73. The quantitative estimate of drug-likeness (QED) is 0.430. The molecule has 1 heterocycles. The van der Waals surface area contributed by atoms with E-state index in [-0.39, 0.29) is 40.0 Å². The van der Waals surface area contributed by atoms with E-state index in [9.17, 15) is 14.4 Å². The first-order chi connectivity index (χ1) is 11.7. The van der Waals surface area contributed by atoms with Crippen molar-refractivity contribution in [3.05, 3.63) is 23.8 Å². The number of carbonyl (C=O) groups excluding carboxylic acids is 3. The molecule has 5 rings (SSSR count). The summed E-state index contributed by atoms with van der Waals surface area (Å²) in [6.45, 7) is 10.3. The van der Waals surface area contributed by atoms with Crippen molar-refractivity contribution in [3.8, 4) is 0 Å². The third-order valence-corrected chi connectivity index (χ3v) is 8.10. The minimum Gasteiger partial charge on any atom is -0.465 e. The van der Waals surface area contributed by atoms with Gasteiger partial charge in [-0.25, -0.2) is 0 Å². The third kappa shape index (κ3) is 1.64. The smallest absolute Gasteiger partial charge is 0.313 e. The molecule has 4 aliphatic carbocycles. The maximum Gasteiger partial charge on any atom is 0.313 e. The molecule has 1 saturated heterocycles. The number of cyclic esters (lactones) is 1. The van der Waals surface area contributed by atoms with E-state index in [0.29, 0.717) is 25.0 Å². The fourth-order valence-corrected chi connectivity index (χ4v) is 7.55. The van der Waals surface area contributed by atoms with Crippen molar-refractivity contribution in [2.45, 2.75) is 38.9 Å². The summed E-state index contributed by atoms with van der Waals surface area (Å²) >= 11 is 1.48. The Hall–Kier alpha value is -1.36. The molecule has 0 amide bonds. The second-order valence-electron chi connectivity index (χ2n) is 8.61. The second kappa shape index (κ2) is 4.87. The van der Waals surface area contributed by atoms with Gasteiger partial charge in [-0.1, -0.05) is 39.0 Å². The van der Waals surface area contributed by atoms with Gasteiger partial charge in [-0.3, -0.25) is 14.4 Å². The highest BCUT2D eigenvalue weighted by atomic mass is 32.2. The molecular weight excluding hydrogens is 336 g/mol.